The van der Waals surface area contributed by atoms with E-state index in [1.54, 1.807) is 0 Å². The molecule has 7 heteroatoms. The Morgan fingerprint density at radius 2 is 2.00 bits per heavy atom. The number of hydrogen-bond acceptors (Lipinski definition) is 4. The molecule has 0 bridgehead atoms. The van der Waals surface area contributed by atoms with Crippen LogP contribution in [0.1, 0.15) is 26.7 Å². The second kappa shape index (κ2) is 6.34. The highest BCUT2D eigenvalue weighted by atomic mass is 16.2. The van der Waals surface area contributed by atoms with Gasteiger partial charge in [-0.15, -0.1) is 0 Å². The maximum absolute atomic E-state index is 11.9. The second-order valence-electron chi connectivity index (χ2n) is 4.20. The van der Waals surface area contributed by atoms with Gasteiger partial charge in [0.15, 0.2) is 0 Å². The lowest BCUT2D eigenvalue weighted by molar-refractivity contribution is -0.159. The van der Waals surface area contributed by atoms with Crippen LogP contribution in [0.3, 0.4) is 0 Å². The quantitative estimate of drug-likeness (QED) is 0.280. The maximum Gasteiger partial charge on any atom is 0.312 e. The predicted molar refractivity (Wildman–Crippen MR) is 65.0 cm³/mol. The van der Waals surface area contributed by atoms with Gasteiger partial charge in [-0.2, -0.15) is 0 Å². The highest BCUT2D eigenvalue weighted by molar-refractivity contribution is 6.35. The third-order valence-corrected chi connectivity index (χ3v) is 3.11. The van der Waals surface area contributed by atoms with E-state index in [2.05, 4.69) is 5.43 Å². The standard InChI is InChI=1S/C11H20N4O3/c1-3-5-8(9(16)13-12)15-7-6-14(4-2)10(17)11(15)18/h8H,3-7,12H2,1-2H3,(H,13,16). The van der Waals surface area contributed by atoms with Crippen molar-refractivity contribution in [3.8, 4) is 0 Å². The monoisotopic (exact) mass is 256 g/mol. The van der Waals surface area contributed by atoms with E-state index < -0.39 is 23.8 Å². The van der Waals surface area contributed by atoms with Gasteiger partial charge in [0.05, 0.1) is 0 Å². The summed E-state index contributed by atoms with van der Waals surface area (Å²) < 4.78 is 0. The normalized spacial score (nSPS) is 17.9. The summed E-state index contributed by atoms with van der Waals surface area (Å²) in [4.78, 5) is 38.1. The van der Waals surface area contributed by atoms with E-state index in [0.717, 1.165) is 6.42 Å². The molecule has 1 aliphatic rings. The number of piperazine rings is 1. The predicted octanol–water partition coefficient (Wildman–Crippen LogP) is -1.16. The van der Waals surface area contributed by atoms with Crippen molar-refractivity contribution in [1.29, 1.82) is 0 Å². The number of nitrogens with one attached hydrogen (secondary N) is 1. The molecule has 1 aliphatic heterocycles. The van der Waals surface area contributed by atoms with Crippen molar-refractivity contribution in [2.75, 3.05) is 19.6 Å². The van der Waals surface area contributed by atoms with Crippen LogP contribution in [0.4, 0.5) is 0 Å². The van der Waals surface area contributed by atoms with E-state index >= 15 is 0 Å². The van der Waals surface area contributed by atoms with Crippen LogP contribution in [0.2, 0.25) is 0 Å². The van der Waals surface area contributed by atoms with E-state index in [9.17, 15) is 14.4 Å². The number of nitrogens with zero attached hydrogens (tertiary/aromatic N) is 2. The summed E-state index contributed by atoms with van der Waals surface area (Å²) in [6, 6.07) is -0.657. The zero-order chi connectivity index (χ0) is 13.7. The molecule has 1 rings (SSSR count). The number of amides is 3. The van der Waals surface area contributed by atoms with Crippen LogP contribution in [0.25, 0.3) is 0 Å². The van der Waals surface area contributed by atoms with Crippen LogP contribution in [0.15, 0.2) is 0 Å². The molecule has 1 heterocycles. The average molecular weight is 256 g/mol. The molecule has 1 atom stereocenters. The summed E-state index contributed by atoms with van der Waals surface area (Å²) in [5.41, 5.74) is 2.05. The summed E-state index contributed by atoms with van der Waals surface area (Å²) in [6.45, 7) is 5.05. The summed E-state index contributed by atoms with van der Waals surface area (Å²) in [5.74, 6) is 3.52. The molecule has 0 aromatic carbocycles. The Hall–Kier alpha value is -1.63. The lowest BCUT2D eigenvalue weighted by Gasteiger charge is -2.37. The highest BCUT2D eigenvalue weighted by Gasteiger charge is 2.37. The fraction of sp³-hybridized carbons (Fsp3) is 0.727. The molecule has 1 saturated heterocycles. The molecule has 0 spiro atoms. The second-order valence-corrected chi connectivity index (χ2v) is 4.20. The van der Waals surface area contributed by atoms with E-state index in [1.807, 2.05) is 13.8 Å². The molecular weight excluding hydrogens is 236 g/mol. The Bertz CT molecular complexity index is 345. The zero-order valence-corrected chi connectivity index (χ0v) is 10.8. The highest BCUT2D eigenvalue weighted by Crippen LogP contribution is 2.13. The fourth-order valence-corrected chi connectivity index (χ4v) is 2.09. The molecule has 0 aromatic heterocycles. The third-order valence-electron chi connectivity index (χ3n) is 3.11. The van der Waals surface area contributed by atoms with Crippen LogP contribution < -0.4 is 11.3 Å². The maximum atomic E-state index is 11.9. The molecule has 0 radical (unpaired) electrons. The molecule has 3 amide bonds. The molecular formula is C11H20N4O3. The number of rotatable bonds is 5. The van der Waals surface area contributed by atoms with Gasteiger partial charge in [-0.25, -0.2) is 5.84 Å². The molecule has 18 heavy (non-hydrogen) atoms. The molecule has 7 nitrogen and oxygen atoms in total. The summed E-state index contributed by atoms with van der Waals surface area (Å²) in [6.07, 6.45) is 1.22. The Morgan fingerprint density at radius 1 is 1.33 bits per heavy atom. The minimum absolute atomic E-state index is 0.372. The van der Waals surface area contributed by atoms with Gasteiger partial charge in [0, 0.05) is 19.6 Å². The molecule has 0 saturated carbocycles. The van der Waals surface area contributed by atoms with Gasteiger partial charge in [-0.3, -0.25) is 19.8 Å². The van der Waals surface area contributed by atoms with E-state index in [1.165, 1.54) is 9.80 Å². The Labute approximate surface area is 106 Å². The molecule has 0 aromatic rings. The first-order valence-corrected chi connectivity index (χ1v) is 6.17. The van der Waals surface area contributed by atoms with Crippen LogP contribution in [0.5, 0.6) is 0 Å². The minimum Gasteiger partial charge on any atom is -0.333 e. The van der Waals surface area contributed by atoms with Gasteiger partial charge in [-0.05, 0) is 13.3 Å². The van der Waals surface area contributed by atoms with Crippen molar-refractivity contribution < 1.29 is 14.4 Å². The van der Waals surface area contributed by atoms with Crippen molar-refractivity contribution >= 4 is 17.7 Å². The number of carbonyl (C=O) groups excluding carboxylic acids is 3. The lowest BCUT2D eigenvalue weighted by atomic mass is 10.1. The van der Waals surface area contributed by atoms with Crippen LogP contribution in [-0.4, -0.2) is 53.2 Å². The Balaban J connectivity index is 2.84. The van der Waals surface area contributed by atoms with Crippen molar-refractivity contribution in [3.05, 3.63) is 0 Å². The van der Waals surface area contributed by atoms with Gasteiger partial charge >= 0.3 is 11.8 Å². The SMILES string of the molecule is CCCC(C(=O)NN)N1CCN(CC)C(=O)C1=O. The first-order valence-electron chi connectivity index (χ1n) is 6.17. The summed E-state index contributed by atoms with van der Waals surface area (Å²) >= 11 is 0. The first kappa shape index (κ1) is 14.4. The zero-order valence-electron chi connectivity index (χ0n) is 10.8. The summed E-state index contributed by atoms with van der Waals surface area (Å²) in [7, 11) is 0. The van der Waals surface area contributed by atoms with Crippen molar-refractivity contribution in [3.63, 3.8) is 0 Å². The summed E-state index contributed by atoms with van der Waals surface area (Å²) in [5, 5.41) is 0. The average Bonchev–Trinajstić information content (AvgIpc) is 2.39. The lowest BCUT2D eigenvalue weighted by Crippen LogP contribution is -2.60. The number of likely N-dealkylation sites (N-methyl/N-ethyl adjacent to an activating group) is 1. The van der Waals surface area contributed by atoms with E-state index in [-0.39, 0.29) is 0 Å². The van der Waals surface area contributed by atoms with Gasteiger partial charge < -0.3 is 9.80 Å². The smallest absolute Gasteiger partial charge is 0.312 e. The Kier molecular flexibility index (Phi) is 5.08. The van der Waals surface area contributed by atoms with Gasteiger partial charge in [0.25, 0.3) is 5.91 Å². The van der Waals surface area contributed by atoms with E-state index in [4.69, 9.17) is 5.84 Å². The van der Waals surface area contributed by atoms with Crippen LogP contribution in [-0.2, 0) is 14.4 Å². The number of hydrogen-bond donors (Lipinski definition) is 2. The van der Waals surface area contributed by atoms with E-state index in [0.29, 0.717) is 26.1 Å². The molecule has 1 unspecified atom stereocenters. The van der Waals surface area contributed by atoms with Crippen molar-refractivity contribution in [1.82, 2.24) is 15.2 Å². The van der Waals surface area contributed by atoms with Gasteiger partial charge in [0.2, 0.25) is 0 Å². The number of hydrazine groups is 1. The number of carbonyl (C=O) groups is 3. The largest absolute Gasteiger partial charge is 0.333 e. The topological polar surface area (TPSA) is 95.7 Å². The minimum atomic E-state index is -0.657. The molecule has 102 valence electrons. The Morgan fingerprint density at radius 3 is 2.50 bits per heavy atom. The van der Waals surface area contributed by atoms with Crippen molar-refractivity contribution in [2.24, 2.45) is 5.84 Å². The number of nitrogens with two attached hydrogens (primary N) is 1. The third kappa shape index (κ3) is 2.79. The fourth-order valence-electron chi connectivity index (χ4n) is 2.09. The van der Waals surface area contributed by atoms with Crippen LogP contribution in [0, 0.1) is 0 Å². The molecule has 1 fully saturated rings. The van der Waals surface area contributed by atoms with Crippen molar-refractivity contribution in [2.45, 2.75) is 32.7 Å². The molecule has 0 aliphatic carbocycles. The van der Waals surface area contributed by atoms with Crippen LogP contribution >= 0.6 is 0 Å². The van der Waals surface area contributed by atoms with Gasteiger partial charge in [0.1, 0.15) is 6.04 Å². The first-order chi connectivity index (χ1) is 8.56. The molecule has 3 N–H and O–H groups in total. The van der Waals surface area contributed by atoms with Gasteiger partial charge in [-0.1, -0.05) is 13.3 Å².